The summed E-state index contributed by atoms with van der Waals surface area (Å²) in [5.74, 6) is -5.61. The average molecular weight is 752 g/mol. The fraction of sp³-hybridized carbons (Fsp3) is 0.946. The van der Waals surface area contributed by atoms with E-state index in [1.165, 1.54) is 34.8 Å². The van der Waals surface area contributed by atoms with Gasteiger partial charge in [0.05, 0.1) is 47.6 Å². The first-order valence-corrected chi connectivity index (χ1v) is 18.5. The van der Waals surface area contributed by atoms with Crippen molar-refractivity contribution < 1.29 is 67.9 Å². The number of halogens is 1. The van der Waals surface area contributed by atoms with Gasteiger partial charge in [-0.25, -0.2) is 4.39 Å². The summed E-state index contributed by atoms with van der Waals surface area (Å²) in [5, 5.41) is 57.4. The Balaban J connectivity index is 2.22. The maximum Gasteiger partial charge on any atom is 0.311 e. The molecule has 0 amide bonds. The smallest absolute Gasteiger partial charge is 0.311 e. The summed E-state index contributed by atoms with van der Waals surface area (Å²) in [5.41, 5.74) is -8.26. The van der Waals surface area contributed by atoms with Gasteiger partial charge in [0.2, 0.25) is 0 Å². The first-order valence-electron chi connectivity index (χ1n) is 18.5. The number of aliphatic hydroxyl groups excluding tert-OH is 3. The zero-order valence-corrected chi connectivity index (χ0v) is 33.2. The van der Waals surface area contributed by atoms with Gasteiger partial charge in [0.1, 0.15) is 23.9 Å². The number of hydrogen-bond donors (Lipinski definition) is 5. The van der Waals surface area contributed by atoms with Crippen LogP contribution >= 0.6 is 0 Å². The number of methoxy groups -OCH3 is 1. The van der Waals surface area contributed by atoms with Crippen LogP contribution < -0.4 is 0 Å². The average Bonchev–Trinajstić information content (AvgIpc) is 3.05. The normalized spacial score (nSPS) is 50.5. The number of carbonyl (C=O) groups excluding carboxylic acids is 2. The van der Waals surface area contributed by atoms with E-state index in [-0.39, 0.29) is 18.9 Å². The number of likely N-dealkylation sites (N-methyl/N-ethyl adjacent to an activating group) is 1. The lowest BCUT2D eigenvalue weighted by Crippen LogP contribution is -2.62. The summed E-state index contributed by atoms with van der Waals surface area (Å²) in [6, 6.07) is -0.405. The highest BCUT2D eigenvalue weighted by atomic mass is 19.1. The molecule has 0 unspecified atom stereocenters. The number of carbonyl (C=O) groups is 2. The van der Waals surface area contributed by atoms with Crippen molar-refractivity contribution in [1.82, 2.24) is 4.90 Å². The van der Waals surface area contributed by atoms with E-state index >= 15 is 4.39 Å². The van der Waals surface area contributed by atoms with Crippen LogP contribution in [0.1, 0.15) is 94.9 Å². The lowest BCUT2D eigenvalue weighted by Gasteiger charge is -2.49. The summed E-state index contributed by atoms with van der Waals surface area (Å²) in [6.07, 6.45) is -11.9. The first kappa shape index (κ1) is 45.0. The van der Waals surface area contributed by atoms with Crippen molar-refractivity contribution in [3.63, 3.8) is 0 Å². The molecule has 3 saturated heterocycles. The number of rotatable bonds is 7. The van der Waals surface area contributed by atoms with Crippen LogP contribution in [0.5, 0.6) is 0 Å². The lowest BCUT2D eigenvalue weighted by molar-refractivity contribution is -0.318. The summed E-state index contributed by atoms with van der Waals surface area (Å²) < 4.78 is 53.4. The molecule has 15 heteroatoms. The number of aliphatic hydroxyl groups is 5. The quantitative estimate of drug-likeness (QED) is 0.237. The van der Waals surface area contributed by atoms with Crippen LogP contribution in [-0.2, 0) is 38.0 Å². The highest BCUT2D eigenvalue weighted by Crippen LogP contribution is 2.42. The van der Waals surface area contributed by atoms with Gasteiger partial charge in [-0.15, -0.1) is 0 Å². The SMILES string of the molecule is CC[C@H]1OC(=O)[C@H](C)[C@@H](O[C@H]2C[C@@](C)(OC)[C@@H](O)[C@H](C)O2)[C@H](C)[C@@H](O[C@@H]2O[C@H](C)C[C@H](N(C)C)[C@H]2O)[C@](C)(O)C[C@](C)(F)C(=O)[C@H](C)[C@@H](O)[C@@]1(C)O. The predicted molar refractivity (Wildman–Crippen MR) is 187 cm³/mol. The Bertz CT molecular complexity index is 1220. The van der Waals surface area contributed by atoms with Gasteiger partial charge < -0.3 is 58.9 Å². The molecule has 18 atom stereocenters. The van der Waals surface area contributed by atoms with Crippen LogP contribution in [-0.4, -0.2) is 153 Å². The maximum absolute atomic E-state index is 16.8. The zero-order chi connectivity index (χ0) is 39.9. The molecule has 0 aromatic heterocycles. The molecular weight excluding hydrogens is 685 g/mol. The highest BCUT2D eigenvalue weighted by Gasteiger charge is 2.56. The summed E-state index contributed by atoms with van der Waals surface area (Å²) in [6.45, 7) is 14.7. The Morgan fingerprint density at radius 3 is 2.06 bits per heavy atom. The fourth-order valence-electron chi connectivity index (χ4n) is 8.45. The van der Waals surface area contributed by atoms with Crippen molar-refractivity contribution in [2.24, 2.45) is 17.8 Å². The molecule has 0 aliphatic carbocycles. The van der Waals surface area contributed by atoms with E-state index in [0.717, 1.165) is 6.92 Å². The molecule has 3 aliphatic heterocycles. The molecule has 14 nitrogen and oxygen atoms in total. The fourth-order valence-corrected chi connectivity index (χ4v) is 8.45. The first-order chi connectivity index (χ1) is 23.7. The number of ether oxygens (including phenoxy) is 6. The van der Waals surface area contributed by atoms with Gasteiger partial charge in [0.25, 0.3) is 0 Å². The summed E-state index contributed by atoms with van der Waals surface area (Å²) >= 11 is 0. The van der Waals surface area contributed by atoms with E-state index in [0.29, 0.717) is 6.42 Å². The van der Waals surface area contributed by atoms with Gasteiger partial charge in [-0.3, -0.25) is 9.59 Å². The second kappa shape index (κ2) is 16.8. The Morgan fingerprint density at radius 1 is 0.923 bits per heavy atom. The van der Waals surface area contributed by atoms with E-state index in [1.54, 1.807) is 41.8 Å². The molecule has 5 N–H and O–H groups in total. The van der Waals surface area contributed by atoms with E-state index in [4.69, 9.17) is 28.4 Å². The molecule has 3 aliphatic rings. The van der Waals surface area contributed by atoms with Crippen molar-refractivity contribution in [2.45, 2.75) is 185 Å². The van der Waals surface area contributed by atoms with Crippen molar-refractivity contribution in [3.05, 3.63) is 0 Å². The maximum atomic E-state index is 16.8. The molecule has 3 rings (SSSR count). The molecule has 0 bridgehead atoms. The third kappa shape index (κ3) is 9.35. The standard InChI is InChI=1S/C37H66FNO13/c1-14-24-37(10,46)29(42)21(5)28(41)34(7,38)17-35(8,45)31(52-33-26(40)23(39(11)12)15-18(2)48-33)19(3)27(20(4)32(44)50-24)51-25-16-36(9,47-13)30(43)22(6)49-25/h18-27,29-31,33,40,42-43,45-46H,14-17H2,1-13H3/t18-,19+,20-,21+,22+,23+,24-,25+,26-,27+,29-,30+,31-,33+,34+,35-,36-,37+/m1/s1. The molecule has 0 aromatic carbocycles. The summed E-state index contributed by atoms with van der Waals surface area (Å²) in [4.78, 5) is 29.6. The third-order valence-corrected chi connectivity index (χ3v) is 11.8. The molecule has 0 spiro atoms. The Kier molecular flexibility index (Phi) is 14.5. The Morgan fingerprint density at radius 2 is 1.52 bits per heavy atom. The van der Waals surface area contributed by atoms with Crippen LogP contribution in [0, 0.1) is 17.8 Å². The lowest BCUT2D eigenvalue weighted by atomic mass is 9.73. The zero-order valence-electron chi connectivity index (χ0n) is 33.2. The number of esters is 1. The number of Topliss-reactive ketones (excluding diaryl/α,β-unsaturated/α-hetero) is 1. The van der Waals surface area contributed by atoms with Gasteiger partial charge in [0, 0.05) is 37.8 Å². The number of cyclic esters (lactones) is 1. The third-order valence-electron chi connectivity index (χ3n) is 11.8. The molecule has 304 valence electrons. The number of alkyl halides is 1. The minimum Gasteiger partial charge on any atom is -0.459 e. The van der Waals surface area contributed by atoms with E-state index in [2.05, 4.69) is 0 Å². The monoisotopic (exact) mass is 751 g/mol. The minimum atomic E-state index is -2.77. The molecule has 0 radical (unpaired) electrons. The summed E-state index contributed by atoms with van der Waals surface area (Å²) in [7, 11) is 5.04. The van der Waals surface area contributed by atoms with Gasteiger partial charge in [-0.2, -0.15) is 0 Å². The van der Waals surface area contributed by atoms with Crippen molar-refractivity contribution >= 4 is 11.8 Å². The largest absolute Gasteiger partial charge is 0.459 e. The van der Waals surface area contributed by atoms with E-state index < -0.39 is 120 Å². The van der Waals surface area contributed by atoms with Gasteiger partial charge in [0.15, 0.2) is 24.0 Å². The second-order valence-electron chi connectivity index (χ2n) is 16.7. The van der Waals surface area contributed by atoms with Crippen molar-refractivity contribution in [3.8, 4) is 0 Å². The minimum absolute atomic E-state index is 0.0296. The molecule has 0 aromatic rings. The molecule has 3 fully saturated rings. The van der Waals surface area contributed by atoms with Crippen molar-refractivity contribution in [1.29, 1.82) is 0 Å². The van der Waals surface area contributed by atoms with Gasteiger partial charge in [-0.1, -0.05) is 20.8 Å². The van der Waals surface area contributed by atoms with Gasteiger partial charge in [-0.05, 0) is 75.4 Å². The van der Waals surface area contributed by atoms with Crippen molar-refractivity contribution in [2.75, 3.05) is 21.2 Å². The van der Waals surface area contributed by atoms with Gasteiger partial charge >= 0.3 is 5.97 Å². The van der Waals surface area contributed by atoms with Crippen LogP contribution in [0.25, 0.3) is 0 Å². The predicted octanol–water partition coefficient (Wildman–Crippen LogP) is 1.88. The number of ketones is 1. The van der Waals surface area contributed by atoms with Crippen LogP contribution in [0.4, 0.5) is 4.39 Å². The molecule has 0 saturated carbocycles. The number of hydrogen-bond acceptors (Lipinski definition) is 14. The number of nitrogens with zero attached hydrogens (tertiary/aromatic N) is 1. The van der Waals surface area contributed by atoms with Crippen LogP contribution in [0.2, 0.25) is 0 Å². The Hall–Kier alpha value is -1.37. The van der Waals surface area contributed by atoms with Crippen LogP contribution in [0.3, 0.4) is 0 Å². The molecule has 3 heterocycles. The topological polar surface area (TPSA) is 194 Å². The highest BCUT2D eigenvalue weighted by molar-refractivity contribution is 5.89. The van der Waals surface area contributed by atoms with E-state index in [1.807, 2.05) is 11.8 Å². The molecular formula is C37H66FNO13. The van der Waals surface area contributed by atoms with E-state index in [9.17, 15) is 35.1 Å². The Labute approximate surface area is 308 Å². The second-order valence-corrected chi connectivity index (χ2v) is 16.7. The van der Waals surface area contributed by atoms with Crippen LogP contribution in [0.15, 0.2) is 0 Å². The molecule has 52 heavy (non-hydrogen) atoms.